The number of para-hydroxylation sites is 1. The monoisotopic (exact) mass is 188 g/mol. The van der Waals surface area contributed by atoms with Crippen molar-refractivity contribution in [1.29, 1.82) is 0 Å². The van der Waals surface area contributed by atoms with E-state index in [4.69, 9.17) is 4.42 Å². The molecule has 0 atom stereocenters. The molecule has 74 valence electrons. The van der Waals surface area contributed by atoms with Crippen LogP contribution in [0, 0.1) is 0 Å². The van der Waals surface area contributed by atoms with Crippen LogP contribution in [0.1, 0.15) is 38.0 Å². The smallest absolute Gasteiger partial charge is 0.134 e. The highest BCUT2D eigenvalue weighted by Gasteiger charge is 2.14. The predicted octanol–water partition coefficient (Wildman–Crippen LogP) is 4.12. The molecule has 2 rings (SSSR count). The first kappa shape index (κ1) is 9.32. The predicted molar refractivity (Wildman–Crippen MR) is 59.7 cm³/mol. The third kappa shape index (κ3) is 1.33. The van der Waals surface area contributed by atoms with Gasteiger partial charge in [-0.25, -0.2) is 0 Å². The summed E-state index contributed by atoms with van der Waals surface area (Å²) in [5.41, 5.74) is 2.40. The highest BCUT2D eigenvalue weighted by Crippen LogP contribution is 2.31. The van der Waals surface area contributed by atoms with Crippen LogP contribution in [0.3, 0.4) is 0 Å². The third-order valence-electron chi connectivity index (χ3n) is 2.61. The van der Waals surface area contributed by atoms with Gasteiger partial charge in [-0.15, -0.1) is 0 Å². The molecule has 0 unspecified atom stereocenters. The molecular formula is C13H16O. The number of hydrogen-bond acceptors (Lipinski definition) is 1. The molecule has 0 spiro atoms. The Hall–Kier alpha value is -1.24. The van der Waals surface area contributed by atoms with Gasteiger partial charge >= 0.3 is 0 Å². The van der Waals surface area contributed by atoms with Crippen LogP contribution in [0.2, 0.25) is 0 Å². The van der Waals surface area contributed by atoms with Gasteiger partial charge in [0.15, 0.2) is 0 Å². The molecule has 0 radical (unpaired) electrons. The van der Waals surface area contributed by atoms with Gasteiger partial charge in [-0.3, -0.25) is 0 Å². The van der Waals surface area contributed by atoms with Crippen LogP contribution in [-0.4, -0.2) is 0 Å². The zero-order valence-corrected chi connectivity index (χ0v) is 9.00. The Bertz CT molecular complexity index is 437. The molecule has 14 heavy (non-hydrogen) atoms. The average molecular weight is 188 g/mol. The van der Waals surface area contributed by atoms with Gasteiger partial charge in [0.1, 0.15) is 11.3 Å². The van der Waals surface area contributed by atoms with E-state index >= 15 is 0 Å². The fraction of sp³-hybridized carbons (Fsp3) is 0.385. The minimum absolute atomic E-state index is 0.536. The standard InChI is InChI=1S/C13H16O/c1-4-11-13(9(2)3)10-7-5-6-8-12(10)14-11/h5-9H,4H2,1-3H3. The maximum absolute atomic E-state index is 5.81. The molecule has 2 aromatic rings. The summed E-state index contributed by atoms with van der Waals surface area (Å²) in [6.07, 6.45) is 0.974. The van der Waals surface area contributed by atoms with Gasteiger partial charge in [0, 0.05) is 17.4 Å². The van der Waals surface area contributed by atoms with Crippen molar-refractivity contribution in [1.82, 2.24) is 0 Å². The fourth-order valence-electron chi connectivity index (χ4n) is 2.01. The van der Waals surface area contributed by atoms with Crippen LogP contribution in [0.5, 0.6) is 0 Å². The highest BCUT2D eigenvalue weighted by atomic mass is 16.3. The van der Waals surface area contributed by atoms with Crippen molar-refractivity contribution in [3.05, 3.63) is 35.6 Å². The van der Waals surface area contributed by atoms with E-state index in [0.717, 1.165) is 17.8 Å². The lowest BCUT2D eigenvalue weighted by Gasteiger charge is -2.04. The van der Waals surface area contributed by atoms with E-state index in [1.807, 2.05) is 12.1 Å². The molecule has 1 heterocycles. The maximum atomic E-state index is 5.81. The van der Waals surface area contributed by atoms with Crippen molar-refractivity contribution in [2.45, 2.75) is 33.1 Å². The van der Waals surface area contributed by atoms with Crippen LogP contribution in [0.4, 0.5) is 0 Å². The zero-order chi connectivity index (χ0) is 10.1. The summed E-state index contributed by atoms with van der Waals surface area (Å²) in [7, 11) is 0. The summed E-state index contributed by atoms with van der Waals surface area (Å²) in [4.78, 5) is 0. The van der Waals surface area contributed by atoms with E-state index in [1.165, 1.54) is 10.9 Å². The van der Waals surface area contributed by atoms with Gasteiger partial charge in [-0.05, 0) is 12.0 Å². The second-order valence-corrected chi connectivity index (χ2v) is 3.94. The summed E-state index contributed by atoms with van der Waals surface area (Å²) in [6, 6.07) is 8.28. The van der Waals surface area contributed by atoms with Crippen molar-refractivity contribution in [2.75, 3.05) is 0 Å². The molecule has 1 aromatic carbocycles. The van der Waals surface area contributed by atoms with Crippen LogP contribution in [-0.2, 0) is 6.42 Å². The Morgan fingerprint density at radius 2 is 1.93 bits per heavy atom. The molecule has 0 amide bonds. The normalized spacial score (nSPS) is 11.4. The number of benzene rings is 1. The third-order valence-corrected chi connectivity index (χ3v) is 2.61. The molecule has 0 N–H and O–H groups in total. The lowest BCUT2D eigenvalue weighted by molar-refractivity contribution is 0.546. The van der Waals surface area contributed by atoms with Gasteiger partial charge in [-0.2, -0.15) is 0 Å². The molecule has 0 aliphatic carbocycles. The fourth-order valence-corrected chi connectivity index (χ4v) is 2.01. The van der Waals surface area contributed by atoms with E-state index in [1.54, 1.807) is 0 Å². The van der Waals surface area contributed by atoms with Crippen LogP contribution < -0.4 is 0 Å². The average Bonchev–Trinajstić information content (AvgIpc) is 2.55. The quantitative estimate of drug-likeness (QED) is 0.691. The van der Waals surface area contributed by atoms with Gasteiger partial charge < -0.3 is 4.42 Å². The lowest BCUT2D eigenvalue weighted by Crippen LogP contribution is -1.90. The molecular weight excluding hydrogens is 172 g/mol. The second kappa shape index (κ2) is 3.49. The van der Waals surface area contributed by atoms with Gasteiger partial charge in [-0.1, -0.05) is 39.0 Å². The number of hydrogen-bond donors (Lipinski definition) is 0. The zero-order valence-electron chi connectivity index (χ0n) is 9.00. The minimum Gasteiger partial charge on any atom is -0.461 e. The molecule has 0 fully saturated rings. The van der Waals surface area contributed by atoms with E-state index < -0.39 is 0 Å². The summed E-state index contributed by atoms with van der Waals surface area (Å²) in [5.74, 6) is 1.68. The lowest BCUT2D eigenvalue weighted by atomic mass is 9.99. The SMILES string of the molecule is CCc1oc2ccccc2c1C(C)C. The van der Waals surface area contributed by atoms with Gasteiger partial charge in [0.25, 0.3) is 0 Å². The Kier molecular flexibility index (Phi) is 2.32. The molecule has 0 aliphatic heterocycles. The molecule has 1 nitrogen and oxygen atoms in total. The van der Waals surface area contributed by atoms with Crippen molar-refractivity contribution in [3.63, 3.8) is 0 Å². The summed E-state index contributed by atoms with van der Waals surface area (Å²) in [6.45, 7) is 6.58. The number of rotatable bonds is 2. The number of aryl methyl sites for hydroxylation is 1. The molecule has 0 saturated heterocycles. The summed E-state index contributed by atoms with van der Waals surface area (Å²) in [5, 5.41) is 1.28. The Morgan fingerprint density at radius 1 is 1.21 bits per heavy atom. The summed E-state index contributed by atoms with van der Waals surface area (Å²) >= 11 is 0. The van der Waals surface area contributed by atoms with Crippen molar-refractivity contribution in [2.24, 2.45) is 0 Å². The van der Waals surface area contributed by atoms with Crippen molar-refractivity contribution >= 4 is 11.0 Å². The molecule has 0 bridgehead atoms. The van der Waals surface area contributed by atoms with E-state index in [9.17, 15) is 0 Å². The summed E-state index contributed by atoms with van der Waals surface area (Å²) < 4.78 is 5.81. The molecule has 0 saturated carbocycles. The first-order valence-electron chi connectivity index (χ1n) is 5.24. The largest absolute Gasteiger partial charge is 0.461 e. The topological polar surface area (TPSA) is 13.1 Å². The van der Waals surface area contributed by atoms with Crippen LogP contribution in [0.15, 0.2) is 28.7 Å². The Morgan fingerprint density at radius 3 is 2.57 bits per heavy atom. The number of fused-ring (bicyclic) bond motifs is 1. The first-order valence-corrected chi connectivity index (χ1v) is 5.24. The minimum atomic E-state index is 0.536. The van der Waals surface area contributed by atoms with Gasteiger partial charge in [0.05, 0.1) is 0 Å². The maximum Gasteiger partial charge on any atom is 0.134 e. The van der Waals surface area contributed by atoms with E-state index in [0.29, 0.717) is 5.92 Å². The molecule has 1 aromatic heterocycles. The van der Waals surface area contributed by atoms with Crippen molar-refractivity contribution in [3.8, 4) is 0 Å². The van der Waals surface area contributed by atoms with Crippen LogP contribution in [0.25, 0.3) is 11.0 Å². The Balaban J connectivity index is 2.74. The second-order valence-electron chi connectivity index (χ2n) is 3.94. The Labute approximate surface area is 84.7 Å². The first-order chi connectivity index (χ1) is 6.74. The van der Waals surface area contributed by atoms with Crippen molar-refractivity contribution < 1.29 is 4.42 Å². The molecule has 1 heteroatoms. The highest BCUT2D eigenvalue weighted by molar-refractivity contribution is 5.82. The number of furan rings is 1. The van der Waals surface area contributed by atoms with E-state index in [2.05, 4.69) is 32.9 Å². The van der Waals surface area contributed by atoms with E-state index in [-0.39, 0.29) is 0 Å². The molecule has 0 aliphatic rings. The van der Waals surface area contributed by atoms with Crippen LogP contribution >= 0.6 is 0 Å². The van der Waals surface area contributed by atoms with Gasteiger partial charge in [0.2, 0.25) is 0 Å².